The van der Waals surface area contributed by atoms with E-state index in [0.29, 0.717) is 11.3 Å². The third kappa shape index (κ3) is 4.61. The van der Waals surface area contributed by atoms with Gasteiger partial charge in [0.1, 0.15) is 5.76 Å². The van der Waals surface area contributed by atoms with Crippen LogP contribution < -0.4 is 9.03 Å². The summed E-state index contributed by atoms with van der Waals surface area (Å²) in [5.41, 5.74) is 0.517. The van der Waals surface area contributed by atoms with Gasteiger partial charge in [0.15, 0.2) is 0 Å². The van der Waals surface area contributed by atoms with Crippen LogP contribution >= 0.6 is 0 Å². The minimum Gasteiger partial charge on any atom is -0.468 e. The lowest BCUT2D eigenvalue weighted by Gasteiger charge is -2.33. The molecule has 2 saturated heterocycles. The van der Waals surface area contributed by atoms with Crippen LogP contribution in [-0.4, -0.2) is 53.0 Å². The topological polar surface area (TPSA) is 117 Å². The third-order valence-corrected chi connectivity index (χ3v) is 9.21. The first kappa shape index (κ1) is 23.0. The summed E-state index contributed by atoms with van der Waals surface area (Å²) in [5, 5.41) is 0. The number of carbonyl (C=O) groups excluding carboxylic acids is 1. The first-order valence-corrected chi connectivity index (χ1v) is 13.7. The Morgan fingerprint density at radius 2 is 1.91 bits per heavy atom. The molecule has 1 aromatic carbocycles. The van der Waals surface area contributed by atoms with Crippen molar-refractivity contribution in [2.75, 3.05) is 29.7 Å². The van der Waals surface area contributed by atoms with Gasteiger partial charge in [0.05, 0.1) is 28.6 Å². The Hall–Kier alpha value is -2.21. The molecule has 2 fully saturated rings. The van der Waals surface area contributed by atoms with Crippen LogP contribution in [0.15, 0.2) is 45.9 Å². The van der Waals surface area contributed by atoms with E-state index in [-0.39, 0.29) is 35.3 Å². The van der Waals surface area contributed by atoms with Crippen molar-refractivity contribution in [1.29, 1.82) is 0 Å². The van der Waals surface area contributed by atoms with E-state index < -0.39 is 26.0 Å². The summed E-state index contributed by atoms with van der Waals surface area (Å²) in [4.78, 5) is 14.3. The highest BCUT2D eigenvalue weighted by molar-refractivity contribution is 7.94. The van der Waals surface area contributed by atoms with Crippen molar-refractivity contribution < 1.29 is 26.0 Å². The second-order valence-electron chi connectivity index (χ2n) is 8.15. The highest BCUT2D eigenvalue weighted by Crippen LogP contribution is 2.29. The maximum Gasteiger partial charge on any atom is 0.242 e. The van der Waals surface area contributed by atoms with Crippen molar-refractivity contribution in [3.05, 3.63) is 47.9 Å². The average molecular weight is 482 g/mol. The van der Waals surface area contributed by atoms with Crippen LogP contribution in [0.5, 0.6) is 0 Å². The molecule has 2 aliphatic heterocycles. The molecule has 0 aliphatic carbocycles. The number of hydrogen-bond donors (Lipinski definition) is 1. The molecule has 1 unspecified atom stereocenters. The monoisotopic (exact) mass is 481 g/mol. The highest BCUT2D eigenvalue weighted by Gasteiger charge is 2.36. The number of aryl methyl sites for hydroxylation is 1. The number of furan rings is 1. The fourth-order valence-electron chi connectivity index (χ4n) is 4.32. The predicted molar refractivity (Wildman–Crippen MR) is 119 cm³/mol. The van der Waals surface area contributed by atoms with Gasteiger partial charge in [-0.25, -0.2) is 25.9 Å². The van der Waals surface area contributed by atoms with Crippen LogP contribution in [0, 0.1) is 6.92 Å². The molecule has 9 nitrogen and oxygen atoms in total. The maximum absolute atomic E-state index is 13.1. The van der Waals surface area contributed by atoms with Gasteiger partial charge < -0.3 is 4.42 Å². The van der Waals surface area contributed by atoms with E-state index in [1.165, 1.54) is 18.2 Å². The summed E-state index contributed by atoms with van der Waals surface area (Å²) in [6.07, 6.45) is 4.78. The zero-order valence-corrected chi connectivity index (χ0v) is 19.5. The molecule has 1 aromatic heterocycles. The molecule has 2 aromatic rings. The van der Waals surface area contributed by atoms with Crippen LogP contribution in [0.3, 0.4) is 0 Å². The SMILES string of the molecule is Cc1cc(N2C(=O)CCS2(=O)=O)ccc1S(=O)(=O)NCC(c1ccco1)N1CCCCC1. The van der Waals surface area contributed by atoms with Crippen LogP contribution in [-0.2, 0) is 24.8 Å². The number of anilines is 1. The quantitative estimate of drug-likeness (QED) is 0.644. The Morgan fingerprint density at radius 3 is 2.50 bits per heavy atom. The molecule has 174 valence electrons. The van der Waals surface area contributed by atoms with E-state index in [9.17, 15) is 21.6 Å². The maximum atomic E-state index is 13.1. The molecule has 0 bridgehead atoms. The van der Waals surface area contributed by atoms with Gasteiger partial charge in [-0.15, -0.1) is 0 Å². The number of likely N-dealkylation sites (tertiary alicyclic amines) is 1. The smallest absolute Gasteiger partial charge is 0.242 e. The second kappa shape index (κ2) is 8.97. The zero-order valence-electron chi connectivity index (χ0n) is 17.9. The van der Waals surface area contributed by atoms with E-state index in [0.717, 1.165) is 36.7 Å². The van der Waals surface area contributed by atoms with E-state index in [1.54, 1.807) is 19.3 Å². The van der Waals surface area contributed by atoms with Crippen molar-refractivity contribution in [2.45, 2.75) is 43.5 Å². The van der Waals surface area contributed by atoms with E-state index in [4.69, 9.17) is 4.42 Å². The summed E-state index contributed by atoms with van der Waals surface area (Å²) >= 11 is 0. The lowest BCUT2D eigenvalue weighted by molar-refractivity contribution is -0.116. The summed E-state index contributed by atoms with van der Waals surface area (Å²) in [6.45, 7) is 3.48. The Balaban J connectivity index is 1.54. The van der Waals surface area contributed by atoms with Crippen molar-refractivity contribution in [1.82, 2.24) is 9.62 Å². The minimum absolute atomic E-state index is 0.0436. The van der Waals surface area contributed by atoms with Gasteiger partial charge in [-0.3, -0.25) is 9.69 Å². The van der Waals surface area contributed by atoms with Gasteiger partial charge in [0, 0.05) is 13.0 Å². The lowest BCUT2D eigenvalue weighted by Crippen LogP contribution is -2.40. The molecule has 0 radical (unpaired) electrons. The molecule has 0 saturated carbocycles. The minimum atomic E-state index is -3.87. The predicted octanol–water partition coefficient (Wildman–Crippen LogP) is 2.16. The molecular formula is C21H27N3O6S2. The standard InChI is InChI=1S/C21H27N3O6S2/c1-16-14-17(24-21(25)9-13-31(24,26)27)7-8-20(16)32(28,29)22-15-18(19-6-5-12-30-19)23-10-3-2-4-11-23/h5-8,12,14,18,22H,2-4,9-11,13,15H2,1H3. The first-order chi connectivity index (χ1) is 15.2. The molecule has 1 atom stereocenters. The van der Waals surface area contributed by atoms with Gasteiger partial charge in [0.25, 0.3) is 0 Å². The highest BCUT2D eigenvalue weighted by atomic mass is 32.2. The van der Waals surface area contributed by atoms with E-state index in [1.807, 2.05) is 6.07 Å². The normalized spacial score (nSPS) is 20.5. The van der Waals surface area contributed by atoms with Gasteiger partial charge in [-0.05, 0) is 68.8 Å². The van der Waals surface area contributed by atoms with Gasteiger partial charge >= 0.3 is 0 Å². The van der Waals surface area contributed by atoms with Gasteiger partial charge in [0.2, 0.25) is 26.0 Å². The number of hydrogen-bond acceptors (Lipinski definition) is 7. The van der Waals surface area contributed by atoms with Gasteiger partial charge in [-0.2, -0.15) is 0 Å². The average Bonchev–Trinajstić information content (AvgIpc) is 3.36. The summed E-state index contributed by atoms with van der Waals surface area (Å²) in [6, 6.07) is 7.54. The molecule has 0 spiro atoms. The Morgan fingerprint density at radius 1 is 1.16 bits per heavy atom. The Labute approximate surface area is 188 Å². The Kier molecular flexibility index (Phi) is 6.44. The largest absolute Gasteiger partial charge is 0.468 e. The second-order valence-corrected chi connectivity index (χ2v) is 11.8. The van der Waals surface area contributed by atoms with Crippen LogP contribution in [0.1, 0.15) is 43.0 Å². The van der Waals surface area contributed by atoms with Gasteiger partial charge in [-0.1, -0.05) is 6.42 Å². The number of amides is 1. The Bertz CT molecular complexity index is 1190. The summed E-state index contributed by atoms with van der Waals surface area (Å²) in [7, 11) is -7.58. The van der Waals surface area contributed by atoms with Crippen molar-refractivity contribution in [2.24, 2.45) is 0 Å². The number of piperidine rings is 1. The molecule has 3 heterocycles. The fraction of sp³-hybridized carbons (Fsp3) is 0.476. The number of carbonyl (C=O) groups is 1. The number of rotatable bonds is 7. The van der Waals surface area contributed by atoms with Crippen molar-refractivity contribution in [3.63, 3.8) is 0 Å². The molecule has 1 amide bonds. The molecule has 4 rings (SSSR count). The molecule has 11 heteroatoms. The van der Waals surface area contributed by atoms with Crippen LogP contribution in [0.4, 0.5) is 5.69 Å². The molecule has 32 heavy (non-hydrogen) atoms. The molecule has 1 N–H and O–H groups in total. The summed E-state index contributed by atoms with van der Waals surface area (Å²) < 4.78 is 59.5. The van der Waals surface area contributed by atoms with E-state index in [2.05, 4.69) is 9.62 Å². The number of nitrogens with zero attached hydrogens (tertiary/aromatic N) is 2. The molecule has 2 aliphatic rings. The van der Waals surface area contributed by atoms with Crippen molar-refractivity contribution >= 4 is 31.6 Å². The third-order valence-electron chi connectivity index (χ3n) is 5.93. The number of nitrogens with one attached hydrogen (secondary N) is 1. The van der Waals surface area contributed by atoms with Crippen LogP contribution in [0.25, 0.3) is 0 Å². The van der Waals surface area contributed by atoms with Crippen molar-refractivity contribution in [3.8, 4) is 0 Å². The zero-order chi connectivity index (χ0) is 22.9. The number of sulfonamides is 2. The molecular weight excluding hydrogens is 454 g/mol. The first-order valence-electron chi connectivity index (χ1n) is 10.6. The fourth-order valence-corrected chi connectivity index (χ4v) is 7.03. The lowest BCUT2D eigenvalue weighted by atomic mass is 10.1. The van der Waals surface area contributed by atoms with Crippen LogP contribution in [0.2, 0.25) is 0 Å². The van der Waals surface area contributed by atoms with E-state index >= 15 is 0 Å². The summed E-state index contributed by atoms with van der Waals surface area (Å²) in [5.74, 6) is -0.0441. The number of benzene rings is 1.